The van der Waals surface area contributed by atoms with Crippen molar-refractivity contribution in [2.24, 2.45) is 0 Å². The van der Waals surface area contributed by atoms with Gasteiger partial charge in [0.1, 0.15) is 30.5 Å². The minimum atomic E-state index is -2.00. The van der Waals surface area contributed by atoms with E-state index < -0.39 is 49.1 Å². The number of ether oxygens (including phenoxy) is 1. The number of carbonyl (C=O) groups excluding carboxylic acids is 2. The minimum Gasteiger partial charge on any atom is -0.394 e. The Balaban J connectivity index is 4.88. The van der Waals surface area contributed by atoms with Gasteiger partial charge < -0.3 is 35.4 Å². The Labute approximate surface area is 132 Å². The summed E-state index contributed by atoms with van der Waals surface area (Å²) in [6.45, 7) is 4.93. The number of hydrogen-bond donors (Lipinski definition) is 6. The van der Waals surface area contributed by atoms with E-state index in [0.717, 1.165) is 6.08 Å². The highest BCUT2D eigenvalue weighted by atomic mass is 16.6. The molecule has 0 saturated heterocycles. The normalized spacial score (nSPS) is 18.5. The standard InChI is InChI=1S/C14H22O9/c1-6(2)13(21)23-14(22)7(3)4-8(16)10(18)12(20)11(19)9(17)5-15/h4,8-12,15-20H,1,5H2,2-3H3/t8?,9-,10+,11-,12-/m1/s1. The zero-order valence-corrected chi connectivity index (χ0v) is 12.8. The lowest BCUT2D eigenvalue weighted by atomic mass is 9.98. The summed E-state index contributed by atoms with van der Waals surface area (Å²) in [7, 11) is 0. The molecule has 0 spiro atoms. The second-order valence-corrected chi connectivity index (χ2v) is 5.02. The highest BCUT2D eigenvalue weighted by Gasteiger charge is 2.33. The van der Waals surface area contributed by atoms with Crippen LogP contribution in [0.1, 0.15) is 13.8 Å². The highest BCUT2D eigenvalue weighted by molar-refractivity contribution is 6.01. The fourth-order valence-electron chi connectivity index (χ4n) is 1.41. The van der Waals surface area contributed by atoms with Gasteiger partial charge in [-0.2, -0.15) is 0 Å². The van der Waals surface area contributed by atoms with Crippen LogP contribution in [0.3, 0.4) is 0 Å². The quantitative estimate of drug-likeness (QED) is 0.158. The summed E-state index contributed by atoms with van der Waals surface area (Å²) in [5.74, 6) is -2.05. The van der Waals surface area contributed by atoms with Crippen molar-refractivity contribution in [2.75, 3.05) is 6.61 Å². The van der Waals surface area contributed by atoms with Gasteiger partial charge in [0.05, 0.1) is 6.61 Å². The Kier molecular flexibility index (Phi) is 8.83. The van der Waals surface area contributed by atoms with Crippen molar-refractivity contribution in [2.45, 2.75) is 44.4 Å². The van der Waals surface area contributed by atoms with Gasteiger partial charge in [-0.15, -0.1) is 0 Å². The van der Waals surface area contributed by atoms with Gasteiger partial charge in [0.15, 0.2) is 0 Å². The number of aliphatic hydroxyl groups excluding tert-OH is 6. The number of rotatable bonds is 8. The number of esters is 2. The molecule has 0 saturated carbocycles. The van der Waals surface area contributed by atoms with Crippen LogP contribution in [0.4, 0.5) is 0 Å². The summed E-state index contributed by atoms with van der Waals surface area (Å²) in [5, 5.41) is 56.2. The summed E-state index contributed by atoms with van der Waals surface area (Å²) in [6.07, 6.45) is -8.61. The van der Waals surface area contributed by atoms with E-state index in [9.17, 15) is 30.0 Å². The van der Waals surface area contributed by atoms with E-state index in [0.29, 0.717) is 0 Å². The molecule has 0 heterocycles. The predicted octanol–water partition coefficient (Wildman–Crippen LogP) is -2.62. The topological polar surface area (TPSA) is 165 Å². The lowest BCUT2D eigenvalue weighted by Crippen LogP contribution is -2.49. The molecular weight excluding hydrogens is 312 g/mol. The Morgan fingerprint density at radius 3 is 1.96 bits per heavy atom. The lowest BCUT2D eigenvalue weighted by Gasteiger charge is -2.27. The molecule has 1 unspecified atom stereocenters. The molecular formula is C14H22O9. The van der Waals surface area contributed by atoms with Gasteiger partial charge in [0, 0.05) is 11.1 Å². The van der Waals surface area contributed by atoms with Crippen LogP contribution < -0.4 is 0 Å². The van der Waals surface area contributed by atoms with Crippen LogP contribution in [0, 0.1) is 0 Å². The van der Waals surface area contributed by atoms with Crippen LogP contribution in [-0.2, 0) is 14.3 Å². The molecule has 0 aromatic rings. The molecule has 0 aliphatic rings. The molecule has 0 amide bonds. The zero-order chi connectivity index (χ0) is 18.3. The van der Waals surface area contributed by atoms with Crippen molar-refractivity contribution in [3.05, 3.63) is 23.8 Å². The zero-order valence-electron chi connectivity index (χ0n) is 12.8. The van der Waals surface area contributed by atoms with E-state index in [-0.39, 0.29) is 11.1 Å². The van der Waals surface area contributed by atoms with Gasteiger partial charge in [-0.05, 0) is 19.9 Å². The first-order valence-corrected chi connectivity index (χ1v) is 6.64. The van der Waals surface area contributed by atoms with Crippen LogP contribution in [0.25, 0.3) is 0 Å². The molecule has 0 radical (unpaired) electrons. The number of carbonyl (C=O) groups is 2. The van der Waals surface area contributed by atoms with Gasteiger partial charge >= 0.3 is 11.9 Å². The van der Waals surface area contributed by atoms with Crippen molar-refractivity contribution in [3.8, 4) is 0 Å². The predicted molar refractivity (Wildman–Crippen MR) is 76.8 cm³/mol. The van der Waals surface area contributed by atoms with Gasteiger partial charge in [0.2, 0.25) is 0 Å². The maximum Gasteiger partial charge on any atom is 0.341 e. The van der Waals surface area contributed by atoms with E-state index in [1.807, 2.05) is 0 Å². The van der Waals surface area contributed by atoms with Crippen molar-refractivity contribution in [3.63, 3.8) is 0 Å². The van der Waals surface area contributed by atoms with E-state index in [4.69, 9.17) is 10.2 Å². The van der Waals surface area contributed by atoms with Gasteiger partial charge in [0.25, 0.3) is 0 Å². The van der Waals surface area contributed by atoms with E-state index in [1.165, 1.54) is 13.8 Å². The molecule has 9 heteroatoms. The molecule has 0 aromatic carbocycles. The molecule has 23 heavy (non-hydrogen) atoms. The molecule has 0 fully saturated rings. The average Bonchev–Trinajstić information content (AvgIpc) is 2.51. The first-order valence-electron chi connectivity index (χ1n) is 6.64. The average molecular weight is 334 g/mol. The molecule has 132 valence electrons. The molecule has 0 aromatic heterocycles. The Hall–Kier alpha value is -1.62. The Morgan fingerprint density at radius 2 is 1.52 bits per heavy atom. The molecule has 0 bridgehead atoms. The maximum atomic E-state index is 11.5. The second kappa shape index (κ2) is 9.50. The lowest BCUT2D eigenvalue weighted by molar-refractivity contribution is -0.154. The Morgan fingerprint density at radius 1 is 1.00 bits per heavy atom. The summed E-state index contributed by atoms with van der Waals surface area (Å²) >= 11 is 0. The molecule has 5 atom stereocenters. The largest absolute Gasteiger partial charge is 0.394 e. The monoisotopic (exact) mass is 334 g/mol. The van der Waals surface area contributed by atoms with Gasteiger partial charge in [-0.25, -0.2) is 9.59 Å². The van der Waals surface area contributed by atoms with Crippen LogP contribution in [-0.4, -0.2) is 79.7 Å². The number of aliphatic hydroxyl groups is 6. The van der Waals surface area contributed by atoms with Gasteiger partial charge in [-0.3, -0.25) is 0 Å². The van der Waals surface area contributed by atoms with E-state index in [2.05, 4.69) is 11.3 Å². The molecule has 9 nitrogen and oxygen atoms in total. The van der Waals surface area contributed by atoms with E-state index >= 15 is 0 Å². The van der Waals surface area contributed by atoms with Crippen LogP contribution in [0.2, 0.25) is 0 Å². The first kappa shape index (κ1) is 21.4. The number of hydrogen-bond acceptors (Lipinski definition) is 9. The van der Waals surface area contributed by atoms with Crippen molar-refractivity contribution in [1.29, 1.82) is 0 Å². The third kappa shape index (κ3) is 6.57. The second-order valence-electron chi connectivity index (χ2n) is 5.02. The third-order valence-electron chi connectivity index (χ3n) is 2.91. The Bertz CT molecular complexity index is 471. The SMILES string of the molecule is C=C(C)C(=O)OC(=O)C(C)=CC(O)[C@H](O)[C@@H](O)[C@H](O)[C@H](O)CO. The maximum absolute atomic E-state index is 11.5. The van der Waals surface area contributed by atoms with E-state index in [1.54, 1.807) is 0 Å². The summed E-state index contributed by atoms with van der Waals surface area (Å²) in [4.78, 5) is 22.7. The van der Waals surface area contributed by atoms with Crippen molar-refractivity contribution >= 4 is 11.9 Å². The smallest absolute Gasteiger partial charge is 0.341 e. The highest BCUT2D eigenvalue weighted by Crippen LogP contribution is 2.11. The summed E-state index contributed by atoms with van der Waals surface area (Å²) in [5.41, 5.74) is -0.251. The van der Waals surface area contributed by atoms with Crippen LogP contribution >= 0.6 is 0 Å². The van der Waals surface area contributed by atoms with Crippen LogP contribution in [0.5, 0.6) is 0 Å². The summed E-state index contributed by atoms with van der Waals surface area (Å²) < 4.78 is 4.39. The van der Waals surface area contributed by atoms with Gasteiger partial charge in [-0.1, -0.05) is 6.58 Å². The third-order valence-corrected chi connectivity index (χ3v) is 2.91. The van der Waals surface area contributed by atoms with Crippen LogP contribution in [0.15, 0.2) is 23.8 Å². The molecule has 6 N–H and O–H groups in total. The molecule has 0 aliphatic heterocycles. The summed E-state index contributed by atoms with van der Waals surface area (Å²) in [6, 6.07) is 0. The minimum absolute atomic E-state index is 0.0109. The van der Waals surface area contributed by atoms with Crippen molar-refractivity contribution in [1.82, 2.24) is 0 Å². The molecule has 0 aliphatic carbocycles. The fraction of sp³-hybridized carbons (Fsp3) is 0.571. The fourth-order valence-corrected chi connectivity index (χ4v) is 1.41. The molecule has 0 rings (SSSR count). The van der Waals surface area contributed by atoms with Crippen molar-refractivity contribution < 1.29 is 45.0 Å². The first-order chi connectivity index (χ1) is 10.5.